The van der Waals surface area contributed by atoms with Gasteiger partial charge in [0.25, 0.3) is 0 Å². The van der Waals surface area contributed by atoms with Crippen LogP contribution in [0, 0.1) is 20.2 Å². The number of aromatic nitrogens is 2. The molecule has 18 nitrogen and oxygen atoms in total. The van der Waals surface area contributed by atoms with Crippen LogP contribution >= 0.6 is 88.4 Å². The summed E-state index contributed by atoms with van der Waals surface area (Å²) in [6.07, 6.45) is 5.45. The van der Waals surface area contributed by atoms with E-state index in [9.17, 15) is 39.4 Å². The van der Waals surface area contributed by atoms with Crippen LogP contribution in [0.15, 0.2) is 212 Å². The van der Waals surface area contributed by atoms with Gasteiger partial charge in [0.2, 0.25) is 0 Å². The number of Topliss-reactive ketones (excluding diaryl/α,β-unsaturated/α-hetero) is 2. The Morgan fingerprint density at radius 2 is 0.802 bits per heavy atom. The lowest BCUT2D eigenvalue weighted by Gasteiger charge is -2.13. The molecule has 106 heavy (non-hydrogen) atoms. The highest BCUT2D eigenvalue weighted by Crippen LogP contribution is 2.44. The number of nitrogens with one attached hydrogen (secondary N) is 2. The third kappa shape index (κ3) is 46.9. The number of methoxy groups -OCH3 is 2. The summed E-state index contributed by atoms with van der Waals surface area (Å²) >= 11 is 3.62. The quantitative estimate of drug-likeness (QED) is 0.0121. The molecular formula is C80H115ClN6O12S7. The van der Waals surface area contributed by atoms with Gasteiger partial charge in [-0.25, -0.2) is 9.97 Å². The van der Waals surface area contributed by atoms with Gasteiger partial charge >= 0.3 is 23.3 Å². The van der Waals surface area contributed by atoms with E-state index < -0.39 is 15.8 Å². The molecule has 8 rings (SSSR count). The molecular weight excluding hydrogens is 1500 g/mol. The van der Waals surface area contributed by atoms with Gasteiger partial charge in [-0.15, -0.1) is 23.5 Å². The van der Waals surface area contributed by atoms with Crippen LogP contribution in [0.3, 0.4) is 0 Å². The van der Waals surface area contributed by atoms with Gasteiger partial charge in [-0.05, 0) is 155 Å². The molecule has 0 aliphatic rings. The molecule has 2 aromatic heterocycles. The van der Waals surface area contributed by atoms with Gasteiger partial charge in [0, 0.05) is 89.5 Å². The number of benzene rings is 6. The summed E-state index contributed by atoms with van der Waals surface area (Å²) in [6, 6.07) is 53.0. The molecule has 0 spiro atoms. The summed E-state index contributed by atoms with van der Waals surface area (Å²) < 4.78 is 20.5. The monoisotopic (exact) mass is 1610 g/mol. The Hall–Kier alpha value is -7.04. The Morgan fingerprint density at radius 3 is 1.12 bits per heavy atom. The molecule has 0 bridgehead atoms. The van der Waals surface area contributed by atoms with Crippen molar-refractivity contribution in [3.05, 3.63) is 225 Å². The van der Waals surface area contributed by atoms with E-state index in [4.69, 9.17) is 29.6 Å². The number of pyridine rings is 2. The Bertz CT molecular complexity index is 3550. The number of rotatable bonds is 27. The van der Waals surface area contributed by atoms with Crippen molar-refractivity contribution < 1.29 is 48.0 Å². The number of ketones is 2. The molecule has 0 saturated carbocycles. The minimum atomic E-state index is -0.516. The summed E-state index contributed by atoms with van der Waals surface area (Å²) in [4.78, 5) is 76.6. The zero-order valence-corrected chi connectivity index (χ0v) is 67.8. The van der Waals surface area contributed by atoms with E-state index in [1.54, 1.807) is 80.0 Å². The van der Waals surface area contributed by atoms with Crippen molar-refractivity contribution in [3.63, 3.8) is 0 Å². The number of ether oxygens (including phenoxy) is 4. The number of hydrogen-bond donors (Lipinski definition) is 2. The van der Waals surface area contributed by atoms with E-state index in [2.05, 4.69) is 104 Å². The average Bonchev–Trinajstić information content (AvgIpc) is 0.819. The van der Waals surface area contributed by atoms with Gasteiger partial charge < -0.3 is 29.6 Å². The molecule has 26 heteroatoms. The van der Waals surface area contributed by atoms with Gasteiger partial charge in [0.1, 0.15) is 34.6 Å². The predicted octanol–water partition coefficient (Wildman–Crippen LogP) is 24.9. The Kier molecular flexibility index (Phi) is 68.3. The lowest BCUT2D eigenvalue weighted by molar-refractivity contribution is -0.388. The SMILES string of the molecule is C.C.C.C.CC.CC.CC(=O)Oc1ccccc1SSc1ncccc1[N+](=O)[O-].CCC.CCC.CCSSc1ccccc1OC(C)=O.COc1ccc(CSc2ccccc2CNC(C)C(C)=O)cc1.COc1ccc(CSc2ccccc2CNC(C)C(C)=O)cc1.O=[N+]([O-])c1cccnc1SCl. The highest BCUT2D eigenvalue weighted by atomic mass is 35.7. The third-order valence-electron chi connectivity index (χ3n) is 12.1. The van der Waals surface area contributed by atoms with Crippen LogP contribution in [0.5, 0.6) is 23.0 Å². The van der Waals surface area contributed by atoms with E-state index in [-0.39, 0.29) is 75.7 Å². The van der Waals surface area contributed by atoms with E-state index in [0.717, 1.165) is 55.4 Å². The van der Waals surface area contributed by atoms with Crippen LogP contribution in [-0.4, -0.2) is 75.4 Å². The van der Waals surface area contributed by atoms with E-state index >= 15 is 0 Å². The van der Waals surface area contributed by atoms with Gasteiger partial charge in [-0.3, -0.25) is 39.4 Å². The first-order valence-electron chi connectivity index (χ1n) is 32.9. The van der Waals surface area contributed by atoms with Gasteiger partial charge in [-0.2, -0.15) is 0 Å². The first kappa shape index (κ1) is 108. The minimum absolute atomic E-state index is 0. The third-order valence-corrected chi connectivity index (χ3v) is 20.2. The summed E-state index contributed by atoms with van der Waals surface area (Å²) in [5.41, 5.74) is 4.84. The van der Waals surface area contributed by atoms with Crippen molar-refractivity contribution in [1.29, 1.82) is 0 Å². The zero-order chi connectivity index (χ0) is 76.6. The number of carbonyl (C=O) groups is 4. The molecule has 0 fully saturated rings. The minimum Gasteiger partial charge on any atom is -0.497 e. The summed E-state index contributed by atoms with van der Waals surface area (Å²) in [6.45, 7) is 29.7. The average molecular weight is 1610 g/mol. The first-order chi connectivity index (χ1) is 49.1. The topological polar surface area (TPSA) is 241 Å². The molecule has 2 atom stereocenters. The second-order valence-electron chi connectivity index (χ2n) is 20.3. The van der Waals surface area contributed by atoms with E-state index in [1.807, 2.05) is 132 Å². The highest BCUT2D eigenvalue weighted by Gasteiger charge is 2.18. The largest absolute Gasteiger partial charge is 0.497 e. The normalized spacial score (nSPS) is 9.94. The van der Waals surface area contributed by atoms with Crippen molar-refractivity contribution in [2.75, 3.05) is 20.0 Å². The fraction of sp³-hybridized carbons (Fsp3) is 0.375. The van der Waals surface area contributed by atoms with Gasteiger partial charge in [0.15, 0.2) is 10.1 Å². The smallest absolute Gasteiger partial charge is 0.308 e. The Balaban J connectivity index is -0.000000392. The molecule has 6 aromatic carbocycles. The molecule has 0 saturated heterocycles. The standard InChI is InChI=1S/2C19H23NO2S.C13H10N2O4S2.C10H12O2S2.C5H3ClN2O2S.2C3H8.2C2H6.4CH4/c2*1-14(15(2)21)20-12-17-6-4-5-7-19(17)23-13-16-8-10-18(22-3)11-9-16;1-9(16)19-11-6-2-3-7-12(11)20-21-13-10(15(17)18)5-4-8-14-13;1-3-13-14-10-7-5-4-6-9(10)12-8(2)11;6-11-5-4(8(9)10)2-1-3-7-5;2*1-3-2;2*1-2;;;;/h2*4-11,14,20H,12-13H2,1-3H3;2-8H,1H3;4-7H,3H2,1-2H3;1-3H;2*3H2,1-2H3;2*1-2H3;4*1H4. The van der Waals surface area contributed by atoms with Crippen molar-refractivity contribution in [2.24, 2.45) is 0 Å². The molecule has 2 N–H and O–H groups in total. The molecule has 2 unspecified atom stereocenters. The number of thioether (sulfide) groups is 2. The molecule has 0 amide bonds. The molecule has 2 heterocycles. The summed E-state index contributed by atoms with van der Waals surface area (Å²) in [7, 11) is 15.2. The van der Waals surface area contributed by atoms with Crippen LogP contribution in [-0.2, 0) is 43.8 Å². The maximum absolute atomic E-state index is 11.3. The van der Waals surface area contributed by atoms with E-state index in [1.165, 1.54) is 106 Å². The highest BCUT2D eigenvalue weighted by molar-refractivity contribution is 8.77. The van der Waals surface area contributed by atoms with Crippen molar-refractivity contribution in [1.82, 2.24) is 20.6 Å². The Morgan fingerprint density at radius 1 is 0.472 bits per heavy atom. The zero-order valence-electron chi connectivity index (χ0n) is 61.3. The first-order valence-corrected chi connectivity index (χ1v) is 41.0. The van der Waals surface area contributed by atoms with Crippen LogP contribution in [0.25, 0.3) is 0 Å². The fourth-order valence-corrected chi connectivity index (χ4v) is 13.6. The maximum atomic E-state index is 11.3. The maximum Gasteiger partial charge on any atom is 0.308 e. The number of hydrogen-bond acceptors (Lipinski definition) is 23. The number of nitrogens with zero attached hydrogens (tertiary/aromatic N) is 4. The molecule has 0 aliphatic carbocycles. The molecule has 8 aromatic rings. The fourth-order valence-electron chi connectivity index (χ4n) is 7.05. The van der Waals surface area contributed by atoms with Crippen molar-refractivity contribution >= 4 is 123 Å². The van der Waals surface area contributed by atoms with Crippen molar-refractivity contribution in [3.8, 4) is 23.0 Å². The lowest BCUT2D eigenvalue weighted by Crippen LogP contribution is -2.31. The molecule has 586 valence electrons. The van der Waals surface area contributed by atoms with Crippen LogP contribution in [0.1, 0.15) is 169 Å². The number of nitro groups is 2. The Labute approximate surface area is 667 Å². The second-order valence-corrected chi connectivity index (χ2v) is 28.1. The lowest BCUT2D eigenvalue weighted by atomic mass is 10.2. The molecule has 0 radical (unpaired) electrons. The molecule has 0 aliphatic heterocycles. The second kappa shape index (κ2) is 67.3. The number of para-hydroxylation sites is 2. The van der Waals surface area contributed by atoms with Crippen LogP contribution in [0.4, 0.5) is 11.4 Å². The van der Waals surface area contributed by atoms with E-state index in [0.29, 0.717) is 34.5 Å². The van der Waals surface area contributed by atoms with Gasteiger partial charge in [0.05, 0.1) is 45.9 Å². The van der Waals surface area contributed by atoms with Crippen molar-refractivity contribution in [2.45, 2.75) is 213 Å². The summed E-state index contributed by atoms with van der Waals surface area (Å²) in [5, 5.41) is 28.3. The van der Waals surface area contributed by atoms with Crippen LogP contribution in [0.2, 0.25) is 0 Å². The number of halogens is 1. The number of esters is 2. The summed E-state index contributed by atoms with van der Waals surface area (Å²) in [5.74, 6) is 5.28. The van der Waals surface area contributed by atoms with Crippen LogP contribution < -0.4 is 29.6 Å². The number of carbonyl (C=O) groups excluding carboxylic acids is 4. The van der Waals surface area contributed by atoms with Gasteiger partial charge in [-0.1, -0.05) is 211 Å². The predicted molar refractivity (Wildman–Crippen MR) is 458 cm³/mol.